The summed E-state index contributed by atoms with van der Waals surface area (Å²) in [6.45, 7) is 1.52. The largest absolute Gasteiger partial charge is 0.417 e. The Labute approximate surface area is 146 Å². The van der Waals surface area contributed by atoms with Gasteiger partial charge in [-0.2, -0.15) is 13.2 Å². The number of hydrogen-bond acceptors (Lipinski definition) is 3. The number of hydrogen-bond donors (Lipinski definition) is 0. The quantitative estimate of drug-likeness (QED) is 0.775. The van der Waals surface area contributed by atoms with Crippen molar-refractivity contribution in [3.63, 3.8) is 0 Å². The van der Waals surface area contributed by atoms with Gasteiger partial charge < -0.3 is 0 Å². The van der Waals surface area contributed by atoms with Crippen LogP contribution in [0.2, 0.25) is 5.02 Å². The van der Waals surface area contributed by atoms with E-state index in [1.165, 1.54) is 31.2 Å². The van der Waals surface area contributed by atoms with E-state index in [1.807, 2.05) is 0 Å². The maximum atomic E-state index is 12.7. The van der Waals surface area contributed by atoms with Crippen molar-refractivity contribution in [1.29, 1.82) is 0 Å². The van der Waals surface area contributed by atoms with Gasteiger partial charge in [0.2, 0.25) is 0 Å². The van der Waals surface area contributed by atoms with Gasteiger partial charge in [-0.3, -0.25) is 14.6 Å². The number of rotatable bonds is 2. The number of allylic oxidation sites excluding steroid dienone is 2. The molecule has 0 radical (unpaired) electrons. The van der Waals surface area contributed by atoms with Crippen LogP contribution in [-0.2, 0) is 12.6 Å². The van der Waals surface area contributed by atoms with Gasteiger partial charge in [-0.25, -0.2) is 0 Å². The van der Waals surface area contributed by atoms with Crippen LogP contribution in [0.4, 0.5) is 13.2 Å². The van der Waals surface area contributed by atoms with Crippen LogP contribution in [0, 0.1) is 0 Å². The number of carbonyl (C=O) groups is 2. The highest BCUT2D eigenvalue weighted by Crippen LogP contribution is 2.31. The van der Waals surface area contributed by atoms with E-state index in [0.717, 1.165) is 6.07 Å². The Kier molecular flexibility index (Phi) is 4.24. The van der Waals surface area contributed by atoms with Gasteiger partial charge in [0.1, 0.15) is 0 Å². The molecule has 3 rings (SSSR count). The summed E-state index contributed by atoms with van der Waals surface area (Å²) in [5.74, 6) is -0.663. The normalized spacial score (nSPS) is 14.8. The third-order valence-electron chi connectivity index (χ3n) is 4.05. The number of nitrogens with zero attached hydrogens (tertiary/aromatic N) is 1. The Bertz CT molecular complexity index is 915. The summed E-state index contributed by atoms with van der Waals surface area (Å²) in [7, 11) is 0. The number of Topliss-reactive ketones (excluding diaryl/α,β-unsaturated/α-hetero) is 2. The fourth-order valence-electron chi connectivity index (χ4n) is 2.66. The van der Waals surface area contributed by atoms with Crippen LogP contribution in [0.3, 0.4) is 0 Å². The van der Waals surface area contributed by atoms with Gasteiger partial charge >= 0.3 is 6.18 Å². The summed E-state index contributed by atoms with van der Waals surface area (Å²) < 4.78 is 37.8. The zero-order chi connectivity index (χ0) is 18.4. The molecular weight excluding hydrogens is 355 g/mol. The molecule has 1 aromatic heterocycles. The molecule has 0 unspecified atom stereocenters. The molecule has 128 valence electrons. The molecule has 0 amide bonds. The highest BCUT2D eigenvalue weighted by Gasteiger charge is 2.32. The zero-order valence-corrected chi connectivity index (χ0v) is 13.7. The van der Waals surface area contributed by atoms with Gasteiger partial charge in [0.15, 0.2) is 11.6 Å². The summed E-state index contributed by atoms with van der Waals surface area (Å²) in [4.78, 5) is 28.9. The minimum atomic E-state index is -4.48. The topological polar surface area (TPSA) is 47.0 Å². The molecule has 0 spiro atoms. The third kappa shape index (κ3) is 3.22. The number of fused-ring (bicyclic) bond motifs is 1. The lowest BCUT2D eigenvalue weighted by Crippen LogP contribution is -2.22. The van der Waals surface area contributed by atoms with Crippen molar-refractivity contribution in [1.82, 2.24) is 4.98 Å². The minimum Gasteiger partial charge on any atom is -0.289 e. The van der Waals surface area contributed by atoms with Crippen LogP contribution < -0.4 is 0 Å². The standard InChI is InChI=1S/C18H11ClF3NO2/c1-9-14(7-12-4-2-10(8-23-12)18(20,21)22)17(25)13-5-3-11(19)6-15(13)16(9)24/h2-6,8H,7H2,1H3. The van der Waals surface area contributed by atoms with Crippen LogP contribution in [0.5, 0.6) is 0 Å². The van der Waals surface area contributed by atoms with Crippen molar-refractivity contribution in [2.45, 2.75) is 19.5 Å². The van der Waals surface area contributed by atoms with Crippen LogP contribution in [0.1, 0.15) is 38.9 Å². The van der Waals surface area contributed by atoms with E-state index in [-0.39, 0.29) is 46.0 Å². The molecule has 1 heterocycles. The number of benzene rings is 1. The van der Waals surface area contributed by atoms with E-state index in [4.69, 9.17) is 11.6 Å². The van der Waals surface area contributed by atoms with Crippen molar-refractivity contribution >= 4 is 23.2 Å². The Hall–Kier alpha value is -2.47. The van der Waals surface area contributed by atoms with Gasteiger partial charge in [-0.15, -0.1) is 0 Å². The minimum absolute atomic E-state index is 0.0173. The predicted octanol–water partition coefficient (Wildman–Crippen LogP) is 4.69. The molecule has 2 aromatic rings. The van der Waals surface area contributed by atoms with E-state index < -0.39 is 11.7 Å². The van der Waals surface area contributed by atoms with E-state index in [9.17, 15) is 22.8 Å². The average Bonchev–Trinajstić information content (AvgIpc) is 2.56. The molecule has 0 N–H and O–H groups in total. The summed E-state index contributed by atoms with van der Waals surface area (Å²) in [5, 5.41) is 0.348. The highest BCUT2D eigenvalue weighted by molar-refractivity contribution is 6.33. The maximum Gasteiger partial charge on any atom is 0.417 e. The fourth-order valence-corrected chi connectivity index (χ4v) is 2.84. The Morgan fingerprint density at radius 3 is 2.36 bits per heavy atom. The van der Waals surface area contributed by atoms with Crippen molar-refractivity contribution in [3.8, 4) is 0 Å². The first kappa shape index (κ1) is 17.4. The second-order valence-corrected chi connectivity index (χ2v) is 6.10. The molecule has 0 atom stereocenters. The van der Waals surface area contributed by atoms with Crippen molar-refractivity contribution in [3.05, 3.63) is 75.1 Å². The van der Waals surface area contributed by atoms with E-state index in [0.29, 0.717) is 11.2 Å². The molecular formula is C18H11ClF3NO2. The molecule has 3 nitrogen and oxygen atoms in total. The third-order valence-corrected chi connectivity index (χ3v) is 4.28. The highest BCUT2D eigenvalue weighted by atomic mass is 35.5. The fraction of sp³-hybridized carbons (Fsp3) is 0.167. The summed E-state index contributed by atoms with van der Waals surface area (Å²) in [6.07, 6.45) is -3.78. The number of halogens is 4. The van der Waals surface area contributed by atoms with E-state index >= 15 is 0 Å². The first-order valence-electron chi connectivity index (χ1n) is 7.29. The number of aromatic nitrogens is 1. The van der Waals surface area contributed by atoms with Gasteiger partial charge in [0.25, 0.3) is 0 Å². The predicted molar refractivity (Wildman–Crippen MR) is 85.8 cm³/mol. The molecule has 25 heavy (non-hydrogen) atoms. The summed E-state index contributed by atoms with van der Waals surface area (Å²) in [5.41, 5.74) is 0.364. The molecule has 1 aromatic carbocycles. The van der Waals surface area contributed by atoms with Crippen LogP contribution >= 0.6 is 11.6 Å². The monoisotopic (exact) mass is 365 g/mol. The van der Waals surface area contributed by atoms with E-state index in [2.05, 4.69) is 4.98 Å². The smallest absolute Gasteiger partial charge is 0.289 e. The first-order chi connectivity index (χ1) is 11.7. The molecule has 0 bridgehead atoms. The second kappa shape index (κ2) is 6.11. The molecule has 1 aliphatic carbocycles. The Balaban J connectivity index is 1.95. The summed E-state index contributed by atoms with van der Waals surface area (Å²) >= 11 is 5.87. The zero-order valence-electron chi connectivity index (χ0n) is 12.9. The van der Waals surface area contributed by atoms with Crippen molar-refractivity contribution < 1.29 is 22.8 Å². The Morgan fingerprint density at radius 2 is 1.76 bits per heavy atom. The SMILES string of the molecule is CC1=C(Cc2ccc(C(F)(F)F)cn2)C(=O)c2ccc(Cl)cc2C1=O. The molecule has 0 saturated carbocycles. The molecule has 7 heteroatoms. The molecule has 0 aliphatic heterocycles. The number of ketones is 2. The molecule has 1 aliphatic rings. The molecule has 0 fully saturated rings. The Morgan fingerprint density at radius 1 is 1.04 bits per heavy atom. The maximum absolute atomic E-state index is 12.7. The lowest BCUT2D eigenvalue weighted by atomic mass is 9.83. The van der Waals surface area contributed by atoms with Crippen LogP contribution in [0.25, 0.3) is 0 Å². The second-order valence-electron chi connectivity index (χ2n) is 5.66. The van der Waals surface area contributed by atoms with Gasteiger partial charge in [0, 0.05) is 45.6 Å². The van der Waals surface area contributed by atoms with Crippen molar-refractivity contribution in [2.24, 2.45) is 0 Å². The number of alkyl halides is 3. The van der Waals surface area contributed by atoms with Gasteiger partial charge in [0.05, 0.1) is 5.56 Å². The van der Waals surface area contributed by atoms with Crippen molar-refractivity contribution in [2.75, 3.05) is 0 Å². The lowest BCUT2D eigenvalue weighted by molar-refractivity contribution is -0.137. The lowest BCUT2D eigenvalue weighted by Gasteiger charge is -2.19. The number of carbonyl (C=O) groups excluding carboxylic acids is 2. The van der Waals surface area contributed by atoms with E-state index in [1.54, 1.807) is 0 Å². The van der Waals surface area contributed by atoms with Crippen LogP contribution in [0.15, 0.2) is 47.7 Å². The number of pyridine rings is 1. The molecule has 0 saturated heterocycles. The van der Waals surface area contributed by atoms with Gasteiger partial charge in [-0.1, -0.05) is 11.6 Å². The first-order valence-corrected chi connectivity index (χ1v) is 7.67. The summed E-state index contributed by atoms with van der Waals surface area (Å²) in [6, 6.07) is 6.54. The van der Waals surface area contributed by atoms with Gasteiger partial charge in [-0.05, 0) is 37.3 Å². The van der Waals surface area contributed by atoms with Crippen LogP contribution in [-0.4, -0.2) is 16.6 Å². The average molecular weight is 366 g/mol.